The molecule has 0 saturated heterocycles. The number of rotatable bonds is 7. The summed E-state index contributed by atoms with van der Waals surface area (Å²) in [5.41, 5.74) is 6.22. The molecular formula is C16H20Cl2FN3O2. The molecule has 0 atom stereocenters. The summed E-state index contributed by atoms with van der Waals surface area (Å²) in [4.78, 5) is 15.6. The number of carbonyl (C=O) groups excluding carboxylic acids is 1. The zero-order chi connectivity index (χ0) is 15.8. The van der Waals surface area contributed by atoms with Crippen molar-refractivity contribution in [1.29, 1.82) is 0 Å². The molecule has 0 fully saturated rings. The number of benzene rings is 1. The number of amides is 1. The Kier molecular flexibility index (Phi) is 10.7. The highest BCUT2D eigenvalue weighted by Crippen LogP contribution is 2.19. The molecule has 132 valence electrons. The zero-order valence-electron chi connectivity index (χ0n) is 12.9. The number of hydrogen-bond donors (Lipinski definition) is 2. The topological polar surface area (TPSA) is 77.2 Å². The third-order valence-electron chi connectivity index (χ3n) is 2.93. The largest absolute Gasteiger partial charge is 0.439 e. The summed E-state index contributed by atoms with van der Waals surface area (Å²) in [5.74, 6) is 0.569. The van der Waals surface area contributed by atoms with E-state index in [0.717, 1.165) is 5.56 Å². The van der Waals surface area contributed by atoms with Crippen molar-refractivity contribution in [1.82, 2.24) is 10.3 Å². The van der Waals surface area contributed by atoms with Gasteiger partial charge in [-0.15, -0.1) is 24.8 Å². The fraction of sp³-hybridized carbons (Fsp3) is 0.250. The molecule has 8 heteroatoms. The van der Waals surface area contributed by atoms with Gasteiger partial charge in [0.1, 0.15) is 11.6 Å². The third-order valence-corrected chi connectivity index (χ3v) is 2.93. The van der Waals surface area contributed by atoms with Crippen LogP contribution in [0.2, 0.25) is 0 Å². The first-order valence-electron chi connectivity index (χ1n) is 7.02. The van der Waals surface area contributed by atoms with E-state index < -0.39 is 0 Å². The van der Waals surface area contributed by atoms with E-state index in [9.17, 15) is 9.18 Å². The maximum Gasteiger partial charge on any atom is 0.220 e. The molecule has 0 aliphatic rings. The van der Waals surface area contributed by atoms with Crippen molar-refractivity contribution in [2.45, 2.75) is 19.4 Å². The summed E-state index contributed by atoms with van der Waals surface area (Å²) in [5, 5.41) is 2.79. The van der Waals surface area contributed by atoms with Crippen LogP contribution in [0.1, 0.15) is 18.4 Å². The third kappa shape index (κ3) is 7.59. The average molecular weight is 376 g/mol. The zero-order valence-corrected chi connectivity index (χ0v) is 14.5. The van der Waals surface area contributed by atoms with Crippen LogP contribution in [0.5, 0.6) is 11.6 Å². The predicted molar refractivity (Wildman–Crippen MR) is 95.3 cm³/mol. The normalized spacial score (nSPS) is 9.42. The summed E-state index contributed by atoms with van der Waals surface area (Å²) in [6, 6.07) is 9.21. The molecule has 1 amide bonds. The molecule has 0 radical (unpaired) electrons. The second-order valence-electron chi connectivity index (χ2n) is 4.73. The van der Waals surface area contributed by atoms with E-state index in [4.69, 9.17) is 10.5 Å². The number of nitrogens with two attached hydrogens (primary N) is 1. The van der Waals surface area contributed by atoms with Crippen molar-refractivity contribution >= 4 is 30.7 Å². The average Bonchev–Trinajstić information content (AvgIpc) is 2.54. The summed E-state index contributed by atoms with van der Waals surface area (Å²) in [7, 11) is 0. The van der Waals surface area contributed by atoms with Crippen LogP contribution in [0.4, 0.5) is 4.39 Å². The lowest BCUT2D eigenvalue weighted by atomic mass is 10.2. The van der Waals surface area contributed by atoms with Crippen molar-refractivity contribution < 1.29 is 13.9 Å². The van der Waals surface area contributed by atoms with Crippen LogP contribution in [0.3, 0.4) is 0 Å². The van der Waals surface area contributed by atoms with Gasteiger partial charge in [0.25, 0.3) is 0 Å². The van der Waals surface area contributed by atoms with Crippen LogP contribution in [-0.2, 0) is 11.3 Å². The minimum absolute atomic E-state index is 0. The Morgan fingerprint density at radius 1 is 1.17 bits per heavy atom. The van der Waals surface area contributed by atoms with Crippen LogP contribution < -0.4 is 15.8 Å². The van der Waals surface area contributed by atoms with Crippen molar-refractivity contribution in [3.8, 4) is 11.6 Å². The number of aromatic nitrogens is 1. The summed E-state index contributed by atoms with van der Waals surface area (Å²) < 4.78 is 18.3. The number of ether oxygens (including phenoxy) is 1. The van der Waals surface area contributed by atoms with Gasteiger partial charge in [0.15, 0.2) is 0 Å². The lowest BCUT2D eigenvalue weighted by molar-refractivity contribution is -0.121. The van der Waals surface area contributed by atoms with Crippen molar-refractivity contribution in [3.63, 3.8) is 0 Å². The Morgan fingerprint density at radius 3 is 2.46 bits per heavy atom. The highest BCUT2D eigenvalue weighted by atomic mass is 35.5. The summed E-state index contributed by atoms with van der Waals surface area (Å²) >= 11 is 0. The van der Waals surface area contributed by atoms with E-state index in [1.54, 1.807) is 12.3 Å². The summed E-state index contributed by atoms with van der Waals surface area (Å²) in [6.45, 7) is 0.914. The SMILES string of the molecule is Cl.Cl.NCCCC(=O)NCc1ccc(Oc2ccc(F)cc2)nc1. The fourth-order valence-corrected chi connectivity index (χ4v) is 1.75. The smallest absolute Gasteiger partial charge is 0.220 e. The molecule has 24 heavy (non-hydrogen) atoms. The number of pyridine rings is 1. The monoisotopic (exact) mass is 375 g/mol. The van der Waals surface area contributed by atoms with Gasteiger partial charge in [0, 0.05) is 25.2 Å². The lowest BCUT2D eigenvalue weighted by Crippen LogP contribution is -2.23. The van der Waals surface area contributed by atoms with Gasteiger partial charge in [-0.1, -0.05) is 6.07 Å². The second-order valence-corrected chi connectivity index (χ2v) is 4.73. The minimum Gasteiger partial charge on any atom is -0.439 e. The summed E-state index contributed by atoms with van der Waals surface area (Å²) in [6.07, 6.45) is 2.73. The second kappa shape index (κ2) is 11.6. The van der Waals surface area contributed by atoms with Gasteiger partial charge in [0.05, 0.1) is 0 Å². The van der Waals surface area contributed by atoms with Crippen LogP contribution in [0.25, 0.3) is 0 Å². The van der Waals surface area contributed by atoms with Crippen LogP contribution in [0, 0.1) is 5.82 Å². The molecule has 0 aliphatic heterocycles. The molecule has 0 unspecified atom stereocenters. The molecule has 0 saturated carbocycles. The van der Waals surface area contributed by atoms with Gasteiger partial charge in [-0.25, -0.2) is 9.37 Å². The first-order chi connectivity index (χ1) is 10.7. The Bertz CT molecular complexity index is 610. The van der Waals surface area contributed by atoms with Crippen molar-refractivity contribution in [2.24, 2.45) is 5.73 Å². The van der Waals surface area contributed by atoms with E-state index >= 15 is 0 Å². The van der Waals surface area contributed by atoms with Gasteiger partial charge in [-0.05, 0) is 42.8 Å². The highest BCUT2D eigenvalue weighted by molar-refractivity contribution is 5.85. The van der Waals surface area contributed by atoms with Gasteiger partial charge in [-0.3, -0.25) is 4.79 Å². The Labute approximate surface area is 152 Å². The molecule has 0 spiro atoms. The standard InChI is InChI=1S/C16H18FN3O2.2ClH/c17-13-4-6-14(7-5-13)22-16-8-3-12(11-20-16)10-19-15(21)2-1-9-18;;/h3-8,11H,1-2,9-10,18H2,(H,19,21);2*1H. The van der Waals surface area contributed by atoms with Crippen LogP contribution >= 0.6 is 24.8 Å². The van der Waals surface area contributed by atoms with E-state index in [0.29, 0.717) is 37.6 Å². The first-order valence-corrected chi connectivity index (χ1v) is 7.02. The highest BCUT2D eigenvalue weighted by Gasteiger charge is 2.03. The number of nitrogens with one attached hydrogen (secondary N) is 1. The van der Waals surface area contributed by atoms with Crippen LogP contribution in [0.15, 0.2) is 42.6 Å². The van der Waals surface area contributed by atoms with Gasteiger partial charge >= 0.3 is 0 Å². The number of halogens is 3. The molecule has 1 heterocycles. The number of carbonyl (C=O) groups is 1. The fourth-order valence-electron chi connectivity index (χ4n) is 1.75. The Morgan fingerprint density at radius 2 is 1.88 bits per heavy atom. The van der Waals surface area contributed by atoms with E-state index in [1.165, 1.54) is 24.3 Å². The predicted octanol–water partition coefficient (Wildman–Crippen LogP) is 3.21. The molecule has 3 N–H and O–H groups in total. The Balaban J connectivity index is 0.00000264. The van der Waals surface area contributed by atoms with Gasteiger partial charge in [0.2, 0.25) is 11.8 Å². The van der Waals surface area contributed by atoms with Gasteiger partial charge in [-0.2, -0.15) is 0 Å². The lowest BCUT2D eigenvalue weighted by Gasteiger charge is -2.07. The first kappa shape index (κ1) is 22.1. The molecule has 1 aromatic heterocycles. The van der Waals surface area contributed by atoms with Crippen LogP contribution in [-0.4, -0.2) is 17.4 Å². The van der Waals surface area contributed by atoms with E-state index in [2.05, 4.69) is 10.3 Å². The molecule has 2 rings (SSSR count). The molecular weight excluding hydrogens is 356 g/mol. The van der Waals surface area contributed by atoms with Gasteiger partial charge < -0.3 is 15.8 Å². The Hall–Kier alpha value is -1.89. The quantitative estimate of drug-likeness (QED) is 0.778. The molecule has 1 aromatic carbocycles. The molecule has 2 aromatic rings. The minimum atomic E-state index is -0.318. The van der Waals surface area contributed by atoms with E-state index in [-0.39, 0.29) is 36.5 Å². The molecule has 5 nitrogen and oxygen atoms in total. The number of nitrogens with zero attached hydrogens (tertiary/aromatic N) is 1. The molecule has 0 bridgehead atoms. The van der Waals surface area contributed by atoms with Crippen molar-refractivity contribution in [3.05, 3.63) is 54.0 Å². The maximum atomic E-state index is 12.8. The maximum absolute atomic E-state index is 12.8. The van der Waals surface area contributed by atoms with E-state index in [1.807, 2.05) is 6.07 Å². The molecule has 0 aliphatic carbocycles. The van der Waals surface area contributed by atoms with Crippen molar-refractivity contribution in [2.75, 3.05) is 6.54 Å². The number of hydrogen-bond acceptors (Lipinski definition) is 4.